The number of hydrogen-bond donors (Lipinski definition) is 3. The van der Waals surface area contributed by atoms with Crippen molar-refractivity contribution in [2.45, 2.75) is 38.6 Å². The first-order valence-electron chi connectivity index (χ1n) is 11.6. The molecule has 0 saturated carbocycles. The maximum absolute atomic E-state index is 13.2. The van der Waals surface area contributed by atoms with Crippen LogP contribution in [-0.4, -0.2) is 65.5 Å². The molecule has 2 aromatic carbocycles. The molecule has 10 heteroatoms. The minimum atomic E-state index is -1.71. The Kier molecular flexibility index (Phi) is 6.00. The Hall–Kier alpha value is -3.76. The first-order valence-corrected chi connectivity index (χ1v) is 11.6. The van der Waals surface area contributed by atoms with Gasteiger partial charge in [-0.25, -0.2) is 0 Å². The molecule has 0 spiro atoms. The smallest absolute Gasteiger partial charge is 0.259 e. The molecular weight excluding hydrogens is 450 g/mol. The van der Waals surface area contributed by atoms with Crippen molar-refractivity contribution in [1.29, 1.82) is 0 Å². The first kappa shape index (κ1) is 23.0. The molecule has 3 aliphatic heterocycles. The molecule has 2 aromatic rings. The molecule has 3 amide bonds. The average molecular weight is 478 g/mol. The Morgan fingerprint density at radius 1 is 1.23 bits per heavy atom. The highest BCUT2D eigenvalue weighted by Gasteiger charge is 2.40. The lowest BCUT2D eigenvalue weighted by Crippen LogP contribution is -2.55. The van der Waals surface area contributed by atoms with E-state index in [1.165, 1.54) is 4.90 Å². The lowest BCUT2D eigenvalue weighted by Gasteiger charge is -2.34. The van der Waals surface area contributed by atoms with Gasteiger partial charge < -0.3 is 30.7 Å². The lowest BCUT2D eigenvalue weighted by atomic mass is 10.1. The van der Waals surface area contributed by atoms with Gasteiger partial charge in [0.05, 0.1) is 13.2 Å². The number of carbonyl (C=O) groups is 3. The van der Waals surface area contributed by atoms with Crippen molar-refractivity contribution in [3.05, 3.63) is 58.7 Å². The number of morpholine rings is 1. The van der Waals surface area contributed by atoms with Gasteiger partial charge in [0, 0.05) is 42.1 Å². The van der Waals surface area contributed by atoms with Gasteiger partial charge in [-0.05, 0) is 47.9 Å². The Balaban J connectivity index is 1.29. The third kappa shape index (κ3) is 4.15. The van der Waals surface area contributed by atoms with E-state index in [-0.39, 0.29) is 19.1 Å². The van der Waals surface area contributed by atoms with Crippen LogP contribution in [0.15, 0.2) is 41.4 Å². The van der Waals surface area contributed by atoms with Crippen LogP contribution in [0.2, 0.25) is 0 Å². The highest BCUT2D eigenvalue weighted by molar-refractivity contribution is 6.06. The van der Waals surface area contributed by atoms with Gasteiger partial charge in [0.15, 0.2) is 12.2 Å². The molecule has 2 atom stereocenters. The number of fused-ring (bicyclic) bond motifs is 2. The molecule has 0 aromatic heterocycles. The molecule has 0 radical (unpaired) electrons. The van der Waals surface area contributed by atoms with E-state index in [1.54, 1.807) is 35.2 Å². The summed E-state index contributed by atoms with van der Waals surface area (Å²) in [5, 5.41) is 13.3. The molecule has 3 aliphatic rings. The van der Waals surface area contributed by atoms with Gasteiger partial charge in [-0.2, -0.15) is 0 Å². The third-order valence-electron chi connectivity index (χ3n) is 6.52. The van der Waals surface area contributed by atoms with E-state index < -0.39 is 24.0 Å². The minimum Gasteiger partial charge on any atom is -0.383 e. The SMILES string of the molecule is CCCN1Cc2ccc(N3CCO[C@H]([C@@H](O)C(=O)Nc4ccc5c(c4)CN=C5N)C3=O)cc2C1=O. The van der Waals surface area contributed by atoms with Crippen molar-refractivity contribution >= 4 is 34.9 Å². The van der Waals surface area contributed by atoms with Gasteiger partial charge in [-0.3, -0.25) is 19.4 Å². The number of aliphatic imine (C=N–C) groups is 1. The predicted octanol–water partition coefficient (Wildman–Crippen LogP) is 1.00. The van der Waals surface area contributed by atoms with Gasteiger partial charge in [0.2, 0.25) is 0 Å². The average Bonchev–Trinajstić information content (AvgIpc) is 3.38. The largest absolute Gasteiger partial charge is 0.383 e. The van der Waals surface area contributed by atoms with Gasteiger partial charge >= 0.3 is 0 Å². The van der Waals surface area contributed by atoms with E-state index in [1.807, 2.05) is 13.0 Å². The van der Waals surface area contributed by atoms with Crippen LogP contribution in [0.3, 0.4) is 0 Å². The molecule has 4 N–H and O–H groups in total. The fourth-order valence-electron chi connectivity index (χ4n) is 4.72. The first-order chi connectivity index (χ1) is 16.9. The second kappa shape index (κ2) is 9.12. The van der Waals surface area contributed by atoms with Crippen molar-refractivity contribution in [3.8, 4) is 0 Å². The number of carbonyl (C=O) groups excluding carboxylic acids is 3. The van der Waals surface area contributed by atoms with Crippen LogP contribution in [0.1, 0.15) is 40.4 Å². The Labute approximate surface area is 202 Å². The van der Waals surface area contributed by atoms with Crippen LogP contribution in [0, 0.1) is 0 Å². The minimum absolute atomic E-state index is 0.0538. The zero-order chi connectivity index (χ0) is 24.7. The highest BCUT2D eigenvalue weighted by Crippen LogP contribution is 2.29. The van der Waals surface area contributed by atoms with Crippen molar-refractivity contribution in [2.75, 3.05) is 29.9 Å². The normalized spacial score (nSPS) is 19.9. The zero-order valence-corrected chi connectivity index (χ0v) is 19.4. The number of amidine groups is 1. The van der Waals surface area contributed by atoms with Crippen LogP contribution < -0.4 is 16.0 Å². The lowest BCUT2D eigenvalue weighted by molar-refractivity contribution is -0.150. The Morgan fingerprint density at radius 3 is 2.86 bits per heavy atom. The number of rotatable bonds is 6. The second-order valence-corrected chi connectivity index (χ2v) is 8.86. The van der Waals surface area contributed by atoms with E-state index in [0.717, 1.165) is 23.1 Å². The number of aliphatic hydroxyl groups is 1. The molecular formula is C25H27N5O5. The van der Waals surface area contributed by atoms with E-state index >= 15 is 0 Å². The maximum Gasteiger partial charge on any atom is 0.259 e. The molecule has 3 heterocycles. The number of aliphatic hydroxyl groups excluding tert-OH is 1. The fraction of sp³-hybridized carbons (Fsp3) is 0.360. The van der Waals surface area contributed by atoms with E-state index in [2.05, 4.69) is 10.3 Å². The number of nitrogens with zero attached hydrogens (tertiary/aromatic N) is 3. The molecule has 0 bridgehead atoms. The number of amides is 3. The number of nitrogens with two attached hydrogens (primary N) is 1. The van der Waals surface area contributed by atoms with Gasteiger partial charge in [-0.15, -0.1) is 0 Å². The summed E-state index contributed by atoms with van der Waals surface area (Å²) < 4.78 is 5.50. The Morgan fingerprint density at radius 2 is 2.06 bits per heavy atom. The third-order valence-corrected chi connectivity index (χ3v) is 6.52. The van der Waals surface area contributed by atoms with Gasteiger partial charge in [0.1, 0.15) is 5.84 Å². The van der Waals surface area contributed by atoms with Crippen LogP contribution in [0.4, 0.5) is 11.4 Å². The summed E-state index contributed by atoms with van der Waals surface area (Å²) in [6.07, 6.45) is -2.21. The van der Waals surface area contributed by atoms with Gasteiger partial charge in [-0.1, -0.05) is 13.0 Å². The van der Waals surface area contributed by atoms with E-state index in [4.69, 9.17) is 10.5 Å². The van der Waals surface area contributed by atoms with E-state index in [0.29, 0.717) is 42.4 Å². The van der Waals surface area contributed by atoms with Gasteiger partial charge in [0.25, 0.3) is 17.7 Å². The summed E-state index contributed by atoms with van der Waals surface area (Å²) in [7, 11) is 0. The fourth-order valence-corrected chi connectivity index (χ4v) is 4.72. The molecule has 0 unspecified atom stereocenters. The van der Waals surface area contributed by atoms with E-state index in [9.17, 15) is 19.5 Å². The van der Waals surface area contributed by atoms with Crippen molar-refractivity contribution in [3.63, 3.8) is 0 Å². The van der Waals surface area contributed by atoms with Crippen LogP contribution in [0.5, 0.6) is 0 Å². The molecule has 1 saturated heterocycles. The second-order valence-electron chi connectivity index (χ2n) is 8.86. The monoisotopic (exact) mass is 477 g/mol. The highest BCUT2D eigenvalue weighted by atomic mass is 16.5. The van der Waals surface area contributed by atoms with Crippen molar-refractivity contribution in [1.82, 2.24) is 4.90 Å². The number of anilines is 2. The summed E-state index contributed by atoms with van der Waals surface area (Å²) in [6.45, 7) is 4.07. The summed E-state index contributed by atoms with van der Waals surface area (Å²) in [5.74, 6) is -0.895. The summed E-state index contributed by atoms with van der Waals surface area (Å²) in [4.78, 5) is 46.1. The van der Waals surface area contributed by atoms with Crippen LogP contribution in [-0.2, 0) is 27.4 Å². The predicted molar refractivity (Wildman–Crippen MR) is 129 cm³/mol. The van der Waals surface area contributed by atoms with Crippen molar-refractivity contribution < 1.29 is 24.2 Å². The molecule has 35 heavy (non-hydrogen) atoms. The van der Waals surface area contributed by atoms with Crippen molar-refractivity contribution in [2.24, 2.45) is 10.7 Å². The van der Waals surface area contributed by atoms with Crippen LogP contribution in [0.25, 0.3) is 0 Å². The number of benzene rings is 2. The summed E-state index contributed by atoms with van der Waals surface area (Å²) in [5.41, 5.74) is 10.0. The molecule has 5 rings (SSSR count). The topological polar surface area (TPSA) is 138 Å². The quantitative estimate of drug-likeness (QED) is 0.568. The van der Waals surface area contributed by atoms with Crippen LogP contribution >= 0.6 is 0 Å². The standard InChI is InChI=1S/C25H27N5O5/c1-2-7-29-13-14-3-5-17(11-19(14)24(29)33)30-8-9-35-21(25(30)34)20(31)23(32)28-16-4-6-18-15(10-16)12-27-22(18)26/h3-6,10-11,20-21,31H,2,7-9,12-13H2,1H3,(H2,26,27)(H,28,32)/t20-,21-/m1/s1. The Bertz CT molecular complexity index is 1240. The molecule has 182 valence electrons. The molecule has 10 nitrogen and oxygen atoms in total. The summed E-state index contributed by atoms with van der Waals surface area (Å²) in [6, 6.07) is 10.5. The number of hydrogen-bond acceptors (Lipinski definition) is 7. The summed E-state index contributed by atoms with van der Waals surface area (Å²) >= 11 is 0. The zero-order valence-electron chi connectivity index (χ0n) is 19.4. The molecule has 1 fully saturated rings. The number of ether oxygens (including phenoxy) is 1. The number of nitrogens with one attached hydrogen (secondary N) is 1. The molecule has 0 aliphatic carbocycles. The maximum atomic E-state index is 13.2.